The van der Waals surface area contributed by atoms with Gasteiger partial charge in [0, 0.05) is 0 Å². The summed E-state index contributed by atoms with van der Waals surface area (Å²) in [7, 11) is 0. The number of phenolic OH excluding ortho intramolecular Hbond substituents is 2. The molecule has 2 heteroatoms. The van der Waals surface area contributed by atoms with Crippen molar-refractivity contribution in [3.05, 3.63) is 58.7 Å². The predicted molar refractivity (Wildman–Crippen MR) is 93.8 cm³/mol. The van der Waals surface area contributed by atoms with Crippen LogP contribution in [0.5, 0.6) is 11.5 Å². The fraction of sp³-hybridized carbons (Fsp3) is 0.400. The summed E-state index contributed by atoms with van der Waals surface area (Å²) in [5.74, 6) is 1.25. The van der Waals surface area contributed by atoms with E-state index in [4.69, 9.17) is 0 Å². The standard InChI is InChI=1S/2C10H14O/c1-7(2)9-5-4-8(3)6-10(9)11;1-3-5-9-8(2)6-4-7-10(9)11/h4-7,11H,1-3H3;4,6-7,11H,3,5H2,1-2H3. The summed E-state index contributed by atoms with van der Waals surface area (Å²) in [4.78, 5) is 0. The first-order chi connectivity index (χ1) is 10.4. The molecule has 0 amide bonds. The smallest absolute Gasteiger partial charge is 0.119 e. The van der Waals surface area contributed by atoms with Crippen LogP contribution >= 0.6 is 0 Å². The second kappa shape index (κ2) is 8.47. The first-order valence-corrected chi connectivity index (χ1v) is 7.93. The molecule has 0 heterocycles. The van der Waals surface area contributed by atoms with E-state index in [9.17, 15) is 10.2 Å². The maximum atomic E-state index is 9.46. The Labute approximate surface area is 134 Å². The summed E-state index contributed by atoms with van der Waals surface area (Å²) in [5, 5.41) is 18.9. The van der Waals surface area contributed by atoms with E-state index in [2.05, 4.69) is 20.8 Å². The minimum atomic E-state index is 0.399. The Morgan fingerprint density at radius 2 is 1.64 bits per heavy atom. The molecule has 2 nitrogen and oxygen atoms in total. The topological polar surface area (TPSA) is 40.5 Å². The van der Waals surface area contributed by atoms with Crippen molar-refractivity contribution in [2.75, 3.05) is 0 Å². The Kier molecular flexibility index (Phi) is 6.97. The van der Waals surface area contributed by atoms with Crippen molar-refractivity contribution < 1.29 is 10.2 Å². The van der Waals surface area contributed by atoms with Crippen LogP contribution in [-0.4, -0.2) is 10.2 Å². The van der Waals surface area contributed by atoms with Crippen LogP contribution in [-0.2, 0) is 6.42 Å². The molecule has 0 radical (unpaired) electrons. The highest BCUT2D eigenvalue weighted by Gasteiger charge is 2.04. The van der Waals surface area contributed by atoms with Crippen LogP contribution in [0.1, 0.15) is 55.4 Å². The summed E-state index contributed by atoms with van der Waals surface area (Å²) >= 11 is 0. The molecule has 2 rings (SSSR count). The van der Waals surface area contributed by atoms with Gasteiger partial charge in [0.1, 0.15) is 11.5 Å². The Hall–Kier alpha value is -1.96. The van der Waals surface area contributed by atoms with Crippen LogP contribution in [0.3, 0.4) is 0 Å². The fourth-order valence-corrected chi connectivity index (χ4v) is 2.40. The molecule has 0 saturated heterocycles. The summed E-state index contributed by atoms with van der Waals surface area (Å²) in [5.41, 5.74) is 4.41. The van der Waals surface area contributed by atoms with Crippen LogP contribution in [0.2, 0.25) is 0 Å². The summed E-state index contributed by atoms with van der Waals surface area (Å²) in [6.45, 7) is 10.3. The molecule has 0 saturated carbocycles. The Balaban J connectivity index is 0.000000220. The van der Waals surface area contributed by atoms with E-state index in [0.29, 0.717) is 17.4 Å². The van der Waals surface area contributed by atoms with Gasteiger partial charge in [-0.25, -0.2) is 0 Å². The number of hydrogen-bond acceptors (Lipinski definition) is 2. The van der Waals surface area contributed by atoms with E-state index in [1.807, 2.05) is 38.1 Å². The van der Waals surface area contributed by atoms with Gasteiger partial charge in [-0.15, -0.1) is 0 Å². The van der Waals surface area contributed by atoms with Crippen LogP contribution < -0.4 is 0 Å². The maximum absolute atomic E-state index is 9.46. The lowest BCUT2D eigenvalue weighted by atomic mass is 10.0. The zero-order valence-corrected chi connectivity index (χ0v) is 14.4. The Bertz CT molecular complexity index is 580. The molecular formula is C20H28O2. The highest BCUT2D eigenvalue weighted by molar-refractivity contribution is 5.38. The van der Waals surface area contributed by atoms with Gasteiger partial charge >= 0.3 is 0 Å². The van der Waals surface area contributed by atoms with E-state index in [1.54, 1.807) is 12.1 Å². The first-order valence-electron chi connectivity index (χ1n) is 7.93. The lowest BCUT2D eigenvalue weighted by Gasteiger charge is -2.07. The summed E-state index contributed by atoms with van der Waals surface area (Å²) in [6.07, 6.45) is 2.05. The van der Waals surface area contributed by atoms with Crippen molar-refractivity contribution in [3.63, 3.8) is 0 Å². The van der Waals surface area contributed by atoms with Crippen LogP contribution in [0.4, 0.5) is 0 Å². The number of phenols is 2. The minimum absolute atomic E-state index is 0.399. The van der Waals surface area contributed by atoms with Crippen LogP contribution in [0.15, 0.2) is 36.4 Å². The number of aromatic hydroxyl groups is 2. The van der Waals surface area contributed by atoms with Gasteiger partial charge in [0.2, 0.25) is 0 Å². The van der Waals surface area contributed by atoms with Gasteiger partial charge in [-0.3, -0.25) is 0 Å². The fourth-order valence-electron chi connectivity index (χ4n) is 2.40. The highest BCUT2D eigenvalue weighted by Crippen LogP contribution is 2.25. The van der Waals surface area contributed by atoms with Crippen molar-refractivity contribution in [3.8, 4) is 11.5 Å². The van der Waals surface area contributed by atoms with Gasteiger partial charge in [0.05, 0.1) is 0 Å². The molecule has 0 bridgehead atoms. The molecule has 2 aromatic rings. The number of rotatable bonds is 3. The third kappa shape index (κ3) is 5.10. The predicted octanol–water partition coefficient (Wildman–Crippen LogP) is 5.48. The molecular weight excluding hydrogens is 272 g/mol. The molecule has 0 fully saturated rings. The lowest BCUT2D eigenvalue weighted by molar-refractivity contribution is 0.464. The Morgan fingerprint density at radius 1 is 0.955 bits per heavy atom. The SMILES string of the molecule is CCCc1c(C)cccc1O.Cc1ccc(C(C)C)c(O)c1. The molecule has 0 aromatic heterocycles. The van der Waals surface area contributed by atoms with E-state index < -0.39 is 0 Å². The highest BCUT2D eigenvalue weighted by atomic mass is 16.3. The van der Waals surface area contributed by atoms with Gasteiger partial charge in [0.15, 0.2) is 0 Å². The van der Waals surface area contributed by atoms with Gasteiger partial charge in [-0.05, 0) is 60.6 Å². The second-order valence-corrected chi connectivity index (χ2v) is 6.04. The largest absolute Gasteiger partial charge is 0.508 e. The first kappa shape index (κ1) is 18.1. The molecule has 0 unspecified atom stereocenters. The van der Waals surface area contributed by atoms with Crippen molar-refractivity contribution >= 4 is 0 Å². The molecule has 0 aliphatic carbocycles. The Morgan fingerprint density at radius 3 is 2.14 bits per heavy atom. The minimum Gasteiger partial charge on any atom is -0.508 e. The normalized spacial score (nSPS) is 10.3. The van der Waals surface area contributed by atoms with Crippen molar-refractivity contribution in [1.82, 2.24) is 0 Å². The molecule has 0 aliphatic heterocycles. The van der Waals surface area contributed by atoms with Gasteiger partial charge in [-0.1, -0.05) is 51.5 Å². The summed E-state index contributed by atoms with van der Waals surface area (Å²) < 4.78 is 0. The number of aryl methyl sites for hydroxylation is 2. The third-order valence-electron chi connectivity index (χ3n) is 3.69. The van der Waals surface area contributed by atoms with Crippen molar-refractivity contribution in [2.45, 2.75) is 53.4 Å². The number of hydrogen-bond donors (Lipinski definition) is 2. The third-order valence-corrected chi connectivity index (χ3v) is 3.69. The van der Waals surface area contributed by atoms with Gasteiger partial charge in [0.25, 0.3) is 0 Å². The van der Waals surface area contributed by atoms with Gasteiger partial charge < -0.3 is 10.2 Å². The van der Waals surface area contributed by atoms with Crippen LogP contribution in [0.25, 0.3) is 0 Å². The molecule has 0 aliphatic rings. The van der Waals surface area contributed by atoms with E-state index in [0.717, 1.165) is 29.5 Å². The maximum Gasteiger partial charge on any atom is 0.119 e. The van der Waals surface area contributed by atoms with Crippen molar-refractivity contribution in [1.29, 1.82) is 0 Å². The summed E-state index contributed by atoms with van der Waals surface area (Å²) in [6, 6.07) is 11.5. The van der Waals surface area contributed by atoms with Gasteiger partial charge in [-0.2, -0.15) is 0 Å². The zero-order chi connectivity index (χ0) is 16.7. The monoisotopic (exact) mass is 300 g/mol. The van der Waals surface area contributed by atoms with Crippen molar-refractivity contribution in [2.24, 2.45) is 0 Å². The molecule has 120 valence electrons. The van der Waals surface area contributed by atoms with E-state index >= 15 is 0 Å². The second-order valence-electron chi connectivity index (χ2n) is 6.04. The molecule has 22 heavy (non-hydrogen) atoms. The molecule has 2 aromatic carbocycles. The lowest BCUT2D eigenvalue weighted by Crippen LogP contribution is -1.88. The molecule has 2 N–H and O–H groups in total. The van der Waals surface area contributed by atoms with E-state index in [-0.39, 0.29) is 0 Å². The van der Waals surface area contributed by atoms with E-state index in [1.165, 1.54) is 5.56 Å². The van der Waals surface area contributed by atoms with Crippen LogP contribution in [0, 0.1) is 13.8 Å². The molecule has 0 spiro atoms. The number of benzene rings is 2. The zero-order valence-electron chi connectivity index (χ0n) is 14.4. The average Bonchev–Trinajstić information content (AvgIpc) is 2.43. The quantitative estimate of drug-likeness (QED) is 0.788. The average molecular weight is 300 g/mol. The molecule has 0 atom stereocenters.